The van der Waals surface area contributed by atoms with Crippen LogP contribution < -0.4 is 5.32 Å². The summed E-state index contributed by atoms with van der Waals surface area (Å²) in [6.45, 7) is 6.16. The van der Waals surface area contributed by atoms with Gasteiger partial charge in [0.25, 0.3) is 0 Å². The number of hydrogen-bond donors (Lipinski definition) is 1. The summed E-state index contributed by atoms with van der Waals surface area (Å²) in [6.07, 6.45) is 7.21. The van der Waals surface area contributed by atoms with E-state index in [1.54, 1.807) is 5.57 Å². The third kappa shape index (κ3) is 4.52. The summed E-state index contributed by atoms with van der Waals surface area (Å²) in [6, 6.07) is 10.9. The highest BCUT2D eigenvalue weighted by Crippen LogP contribution is 2.33. The molecule has 0 heterocycles. The molecule has 2 rings (SSSR count). The number of nitrogens with one attached hydrogen (secondary N) is 1. The maximum atomic E-state index is 4.04. The van der Waals surface area contributed by atoms with Crippen LogP contribution in [0.1, 0.15) is 45.4 Å². The van der Waals surface area contributed by atoms with Crippen molar-refractivity contribution in [2.45, 2.75) is 51.5 Å². The number of rotatable bonds is 6. The van der Waals surface area contributed by atoms with Crippen molar-refractivity contribution in [3.05, 3.63) is 52.5 Å². The Hall–Kier alpha value is -1.02. The van der Waals surface area contributed by atoms with E-state index in [4.69, 9.17) is 0 Å². The molecule has 1 N–H and O–H groups in total. The van der Waals surface area contributed by atoms with Crippen LogP contribution in [0.15, 0.2) is 52.5 Å². The lowest BCUT2D eigenvalue weighted by Crippen LogP contribution is -2.24. The van der Waals surface area contributed by atoms with Crippen molar-refractivity contribution in [1.29, 1.82) is 0 Å². The summed E-state index contributed by atoms with van der Waals surface area (Å²) in [7, 11) is 0. The van der Waals surface area contributed by atoms with Crippen molar-refractivity contribution in [3.63, 3.8) is 0 Å². The molecule has 1 aromatic rings. The Morgan fingerprint density at radius 3 is 2.60 bits per heavy atom. The van der Waals surface area contributed by atoms with E-state index in [1.165, 1.54) is 41.4 Å². The molecule has 108 valence electrons. The van der Waals surface area contributed by atoms with E-state index in [9.17, 15) is 0 Å². The average molecular weight is 334 g/mol. The lowest BCUT2D eigenvalue weighted by atomic mass is 9.90. The van der Waals surface area contributed by atoms with Gasteiger partial charge in [-0.3, -0.25) is 0 Å². The fourth-order valence-corrected chi connectivity index (χ4v) is 3.47. The van der Waals surface area contributed by atoms with Crippen LogP contribution >= 0.6 is 15.9 Å². The van der Waals surface area contributed by atoms with Crippen molar-refractivity contribution in [2.75, 3.05) is 5.32 Å². The maximum Gasteiger partial charge on any atom is 0.0487 e. The number of allylic oxidation sites excluding steroid dienone is 2. The van der Waals surface area contributed by atoms with Gasteiger partial charge < -0.3 is 5.32 Å². The van der Waals surface area contributed by atoms with Crippen molar-refractivity contribution in [3.8, 4) is 0 Å². The summed E-state index contributed by atoms with van der Waals surface area (Å²) >= 11 is 3.79. The van der Waals surface area contributed by atoms with Gasteiger partial charge in [0.05, 0.1) is 0 Å². The molecule has 0 amide bonds. The smallest absolute Gasteiger partial charge is 0.0487 e. The molecule has 0 fully saturated rings. The first-order chi connectivity index (χ1) is 9.66. The van der Waals surface area contributed by atoms with Gasteiger partial charge in [0, 0.05) is 11.7 Å². The van der Waals surface area contributed by atoms with Crippen molar-refractivity contribution in [2.24, 2.45) is 0 Å². The molecule has 1 aromatic carbocycles. The zero-order valence-electron chi connectivity index (χ0n) is 12.3. The van der Waals surface area contributed by atoms with Crippen LogP contribution in [0, 0.1) is 0 Å². The number of benzene rings is 1. The van der Waals surface area contributed by atoms with E-state index in [2.05, 4.69) is 65.1 Å². The third-order valence-corrected chi connectivity index (χ3v) is 4.74. The van der Waals surface area contributed by atoms with Gasteiger partial charge in [-0.25, -0.2) is 0 Å². The summed E-state index contributed by atoms with van der Waals surface area (Å²) in [4.78, 5) is 0. The molecule has 0 unspecified atom stereocenters. The van der Waals surface area contributed by atoms with Gasteiger partial charge in [0.15, 0.2) is 0 Å². The maximum absolute atomic E-state index is 4.04. The summed E-state index contributed by atoms with van der Waals surface area (Å²) in [5.74, 6) is 0. The molecule has 0 aromatic heterocycles. The van der Waals surface area contributed by atoms with Crippen LogP contribution in [0.4, 0.5) is 5.69 Å². The predicted octanol–water partition coefficient (Wildman–Crippen LogP) is 6.05. The van der Waals surface area contributed by atoms with Crippen LogP contribution in [0.3, 0.4) is 0 Å². The average Bonchev–Trinajstić information content (AvgIpc) is 2.45. The molecule has 1 nitrogen and oxygen atoms in total. The van der Waals surface area contributed by atoms with Gasteiger partial charge in [0.1, 0.15) is 0 Å². The van der Waals surface area contributed by atoms with Crippen LogP contribution in [-0.4, -0.2) is 6.04 Å². The minimum atomic E-state index is 0.420. The molecule has 0 bridgehead atoms. The second-order valence-corrected chi connectivity index (χ2v) is 6.65. The van der Waals surface area contributed by atoms with E-state index in [1.807, 2.05) is 0 Å². The molecule has 1 aliphatic carbocycles. The van der Waals surface area contributed by atoms with E-state index in [-0.39, 0.29) is 0 Å². The second kappa shape index (κ2) is 7.68. The fraction of sp³-hybridized carbons (Fsp3) is 0.444. The van der Waals surface area contributed by atoms with E-state index < -0.39 is 0 Å². The molecule has 1 aliphatic rings. The molecule has 0 saturated heterocycles. The van der Waals surface area contributed by atoms with E-state index in [0.29, 0.717) is 6.04 Å². The molecular formula is C18H24BrN. The zero-order chi connectivity index (χ0) is 14.4. The lowest BCUT2D eigenvalue weighted by molar-refractivity contribution is 0.620. The van der Waals surface area contributed by atoms with Crippen LogP contribution in [0.25, 0.3) is 0 Å². The fourth-order valence-electron chi connectivity index (χ4n) is 2.71. The molecule has 0 aliphatic heterocycles. The first kappa shape index (κ1) is 15.4. The third-order valence-electron chi connectivity index (χ3n) is 3.84. The van der Waals surface area contributed by atoms with Crippen LogP contribution in [0.2, 0.25) is 0 Å². The highest BCUT2D eigenvalue weighted by Gasteiger charge is 2.20. The standard InChI is InChI=1S/C18H24BrN/c1-14(2)12-13-18(16-10-6-7-11-17(16)19)20-15-8-4-3-5-9-15/h3-5,8-9,18,20H,1,6-7,10-13H2,2H3/t18-/m0/s1. The molecule has 1 atom stereocenters. The molecule has 0 radical (unpaired) electrons. The summed E-state index contributed by atoms with van der Waals surface area (Å²) in [5.41, 5.74) is 4.02. The predicted molar refractivity (Wildman–Crippen MR) is 92.3 cm³/mol. The Kier molecular flexibility index (Phi) is 5.90. The summed E-state index contributed by atoms with van der Waals surface area (Å²) < 4.78 is 1.42. The van der Waals surface area contributed by atoms with Gasteiger partial charge in [-0.05, 0) is 67.6 Å². The van der Waals surface area contributed by atoms with Gasteiger partial charge in [0.2, 0.25) is 0 Å². The number of para-hydroxylation sites is 1. The van der Waals surface area contributed by atoms with Gasteiger partial charge in [-0.15, -0.1) is 6.58 Å². The number of anilines is 1. The normalized spacial score (nSPS) is 16.9. The Bertz CT molecular complexity index is 475. The first-order valence-corrected chi connectivity index (χ1v) is 8.29. The van der Waals surface area contributed by atoms with Gasteiger partial charge >= 0.3 is 0 Å². The minimum absolute atomic E-state index is 0.420. The Labute approximate surface area is 131 Å². The molecular weight excluding hydrogens is 310 g/mol. The molecule has 0 saturated carbocycles. The SMILES string of the molecule is C=C(C)CC[C@H](Nc1ccccc1)C1=C(Br)CCCC1. The molecule has 2 heteroatoms. The van der Waals surface area contributed by atoms with Crippen LogP contribution in [-0.2, 0) is 0 Å². The largest absolute Gasteiger partial charge is 0.379 e. The lowest BCUT2D eigenvalue weighted by Gasteiger charge is -2.27. The monoisotopic (exact) mass is 333 g/mol. The topological polar surface area (TPSA) is 12.0 Å². The minimum Gasteiger partial charge on any atom is -0.379 e. The Balaban J connectivity index is 2.13. The van der Waals surface area contributed by atoms with Crippen molar-refractivity contribution < 1.29 is 0 Å². The second-order valence-electron chi connectivity index (χ2n) is 5.70. The first-order valence-electron chi connectivity index (χ1n) is 7.50. The molecule has 0 spiro atoms. The van der Waals surface area contributed by atoms with E-state index in [0.717, 1.165) is 12.8 Å². The van der Waals surface area contributed by atoms with Gasteiger partial charge in [-0.1, -0.05) is 39.7 Å². The number of hydrogen-bond acceptors (Lipinski definition) is 1. The zero-order valence-corrected chi connectivity index (χ0v) is 13.9. The highest BCUT2D eigenvalue weighted by molar-refractivity contribution is 9.11. The van der Waals surface area contributed by atoms with Gasteiger partial charge in [-0.2, -0.15) is 0 Å². The van der Waals surface area contributed by atoms with E-state index >= 15 is 0 Å². The highest BCUT2D eigenvalue weighted by atomic mass is 79.9. The van der Waals surface area contributed by atoms with Crippen LogP contribution in [0.5, 0.6) is 0 Å². The number of halogens is 1. The van der Waals surface area contributed by atoms with Crippen molar-refractivity contribution in [1.82, 2.24) is 0 Å². The Morgan fingerprint density at radius 2 is 1.95 bits per heavy atom. The Morgan fingerprint density at radius 1 is 1.25 bits per heavy atom. The summed E-state index contributed by atoms with van der Waals surface area (Å²) in [5, 5.41) is 3.71. The van der Waals surface area contributed by atoms with Crippen molar-refractivity contribution >= 4 is 21.6 Å². The quantitative estimate of drug-likeness (QED) is 0.625. The molecule has 20 heavy (non-hydrogen) atoms.